The first-order valence-corrected chi connectivity index (χ1v) is 4.31. The summed E-state index contributed by atoms with van der Waals surface area (Å²) in [7, 11) is 1.60. The molecule has 0 amide bonds. The van der Waals surface area contributed by atoms with Crippen molar-refractivity contribution in [1.29, 1.82) is 0 Å². The predicted octanol–water partition coefficient (Wildman–Crippen LogP) is 1.76. The van der Waals surface area contributed by atoms with Crippen molar-refractivity contribution in [2.24, 2.45) is 0 Å². The Kier molecular flexibility index (Phi) is 2.17. The van der Waals surface area contributed by atoms with Gasteiger partial charge in [0.1, 0.15) is 12.2 Å². The number of aliphatic hydroxyl groups excluding tert-OH is 1. The van der Waals surface area contributed by atoms with Gasteiger partial charge >= 0.3 is 0 Å². The smallest absolute Gasteiger partial charge is 0.109 e. The second kappa shape index (κ2) is 3.32. The van der Waals surface area contributed by atoms with Gasteiger partial charge in [-0.1, -0.05) is 36.4 Å². The zero-order valence-corrected chi connectivity index (χ0v) is 7.47. The molecule has 2 nitrogen and oxygen atoms in total. The van der Waals surface area contributed by atoms with Crippen molar-refractivity contribution in [3.8, 4) is 0 Å². The summed E-state index contributed by atoms with van der Waals surface area (Å²) < 4.78 is 5.12. The number of fused-ring (bicyclic) bond motifs is 1. The molecule has 1 aromatic carbocycles. The number of benzene rings is 1. The van der Waals surface area contributed by atoms with Crippen molar-refractivity contribution >= 4 is 6.08 Å². The fraction of sp³-hybridized carbons (Fsp3) is 0.273. The van der Waals surface area contributed by atoms with Crippen LogP contribution in [0.25, 0.3) is 6.08 Å². The molecule has 0 aromatic heterocycles. The Morgan fingerprint density at radius 1 is 1.31 bits per heavy atom. The average Bonchev–Trinajstić information content (AvgIpc) is 2.19. The number of methoxy groups -OCH3 is 1. The molecule has 2 heteroatoms. The monoisotopic (exact) mass is 176 g/mol. The van der Waals surface area contributed by atoms with E-state index in [9.17, 15) is 5.11 Å². The van der Waals surface area contributed by atoms with Crippen LogP contribution in [0.4, 0.5) is 0 Å². The molecule has 1 N–H and O–H groups in total. The Bertz CT molecular complexity index is 331. The summed E-state index contributed by atoms with van der Waals surface area (Å²) in [5, 5.41) is 9.84. The fourth-order valence-electron chi connectivity index (χ4n) is 1.62. The molecular formula is C11H12O2. The number of hydrogen-bond donors (Lipinski definition) is 1. The van der Waals surface area contributed by atoms with Crippen LogP contribution in [0, 0.1) is 0 Å². The minimum Gasteiger partial charge on any atom is -0.385 e. The van der Waals surface area contributed by atoms with Crippen LogP contribution in [0.2, 0.25) is 0 Å². The normalized spacial score (nSPS) is 25.7. The number of ether oxygens (including phenoxy) is 1. The van der Waals surface area contributed by atoms with Crippen LogP contribution < -0.4 is 0 Å². The maximum Gasteiger partial charge on any atom is 0.109 e. The Balaban J connectivity index is 2.42. The lowest BCUT2D eigenvalue weighted by atomic mass is 9.93. The first kappa shape index (κ1) is 8.48. The summed E-state index contributed by atoms with van der Waals surface area (Å²) in [6.45, 7) is 0. The quantitative estimate of drug-likeness (QED) is 0.706. The van der Waals surface area contributed by atoms with Crippen LogP contribution in [-0.2, 0) is 4.74 Å². The van der Waals surface area contributed by atoms with Gasteiger partial charge in [0, 0.05) is 7.11 Å². The highest BCUT2D eigenvalue weighted by Gasteiger charge is 2.22. The molecule has 2 atom stereocenters. The summed E-state index contributed by atoms with van der Waals surface area (Å²) in [6.07, 6.45) is 3.12. The second-order valence-electron chi connectivity index (χ2n) is 3.13. The van der Waals surface area contributed by atoms with Crippen molar-refractivity contribution in [3.63, 3.8) is 0 Å². The first-order valence-electron chi connectivity index (χ1n) is 4.31. The maximum absolute atomic E-state index is 9.84. The van der Waals surface area contributed by atoms with E-state index in [-0.39, 0.29) is 6.10 Å². The molecule has 0 saturated carbocycles. The molecule has 0 fully saturated rings. The molecular weight excluding hydrogens is 164 g/mol. The van der Waals surface area contributed by atoms with Gasteiger partial charge in [-0.05, 0) is 11.1 Å². The van der Waals surface area contributed by atoms with E-state index in [0.29, 0.717) is 0 Å². The molecule has 1 aromatic rings. The highest BCUT2D eigenvalue weighted by Crippen LogP contribution is 2.28. The summed E-state index contributed by atoms with van der Waals surface area (Å²) in [5.74, 6) is 0. The van der Waals surface area contributed by atoms with Crippen molar-refractivity contribution in [2.45, 2.75) is 12.2 Å². The lowest BCUT2D eigenvalue weighted by Crippen LogP contribution is -2.21. The van der Waals surface area contributed by atoms with E-state index in [1.807, 2.05) is 36.4 Å². The molecule has 0 aliphatic heterocycles. The van der Waals surface area contributed by atoms with Crippen molar-refractivity contribution in [3.05, 3.63) is 41.5 Å². The highest BCUT2D eigenvalue weighted by molar-refractivity contribution is 5.58. The molecule has 0 unspecified atom stereocenters. The van der Waals surface area contributed by atoms with E-state index < -0.39 is 6.10 Å². The van der Waals surface area contributed by atoms with Crippen molar-refractivity contribution in [1.82, 2.24) is 0 Å². The molecule has 2 rings (SSSR count). The number of hydrogen-bond acceptors (Lipinski definition) is 2. The molecule has 0 radical (unpaired) electrons. The topological polar surface area (TPSA) is 29.5 Å². The Morgan fingerprint density at radius 3 is 2.85 bits per heavy atom. The van der Waals surface area contributed by atoms with E-state index in [1.54, 1.807) is 7.11 Å². The van der Waals surface area contributed by atoms with Gasteiger partial charge < -0.3 is 9.84 Å². The summed E-state index contributed by atoms with van der Waals surface area (Å²) >= 11 is 0. The van der Waals surface area contributed by atoms with Crippen molar-refractivity contribution in [2.75, 3.05) is 7.11 Å². The van der Waals surface area contributed by atoms with Crippen LogP contribution in [-0.4, -0.2) is 18.3 Å². The van der Waals surface area contributed by atoms with Gasteiger partial charge in [0.05, 0.1) is 0 Å². The van der Waals surface area contributed by atoms with Gasteiger partial charge in [-0.3, -0.25) is 0 Å². The third-order valence-electron chi connectivity index (χ3n) is 2.36. The SMILES string of the molecule is CO[C@@H]1C=Cc2ccccc2[C@H]1O. The first-order chi connectivity index (χ1) is 6.33. The lowest BCUT2D eigenvalue weighted by Gasteiger charge is -2.24. The minimum atomic E-state index is -0.536. The summed E-state index contributed by atoms with van der Waals surface area (Å²) in [5.41, 5.74) is 2.01. The van der Waals surface area contributed by atoms with Crippen molar-refractivity contribution < 1.29 is 9.84 Å². The van der Waals surface area contributed by atoms with E-state index >= 15 is 0 Å². The molecule has 1 aliphatic carbocycles. The predicted molar refractivity (Wildman–Crippen MR) is 51.2 cm³/mol. The third-order valence-corrected chi connectivity index (χ3v) is 2.36. The minimum absolute atomic E-state index is 0.213. The lowest BCUT2D eigenvalue weighted by molar-refractivity contribution is 0.0150. The maximum atomic E-state index is 9.84. The molecule has 68 valence electrons. The van der Waals surface area contributed by atoms with E-state index in [4.69, 9.17) is 4.74 Å². The zero-order valence-electron chi connectivity index (χ0n) is 7.47. The van der Waals surface area contributed by atoms with Crippen LogP contribution >= 0.6 is 0 Å². The molecule has 0 bridgehead atoms. The molecule has 0 spiro atoms. The average molecular weight is 176 g/mol. The van der Waals surface area contributed by atoms with Gasteiger partial charge in [0.25, 0.3) is 0 Å². The van der Waals surface area contributed by atoms with Gasteiger partial charge in [0.15, 0.2) is 0 Å². The van der Waals surface area contributed by atoms with Crippen LogP contribution in [0.3, 0.4) is 0 Å². The third kappa shape index (κ3) is 1.39. The summed E-state index contributed by atoms with van der Waals surface area (Å²) in [4.78, 5) is 0. The van der Waals surface area contributed by atoms with Gasteiger partial charge in [0.2, 0.25) is 0 Å². The zero-order chi connectivity index (χ0) is 9.26. The van der Waals surface area contributed by atoms with Gasteiger partial charge in [-0.15, -0.1) is 0 Å². The number of rotatable bonds is 1. The summed E-state index contributed by atoms with van der Waals surface area (Å²) in [6, 6.07) is 7.80. The highest BCUT2D eigenvalue weighted by atomic mass is 16.5. The molecule has 0 saturated heterocycles. The fourth-order valence-corrected chi connectivity index (χ4v) is 1.62. The number of aliphatic hydroxyl groups is 1. The van der Waals surface area contributed by atoms with E-state index in [1.165, 1.54) is 0 Å². The largest absolute Gasteiger partial charge is 0.385 e. The van der Waals surface area contributed by atoms with Gasteiger partial charge in [-0.25, -0.2) is 0 Å². The molecule has 0 heterocycles. The standard InChI is InChI=1S/C11H12O2/c1-13-10-7-6-8-4-2-3-5-9(8)11(10)12/h2-7,10-12H,1H3/t10-,11-/m1/s1. The second-order valence-corrected chi connectivity index (χ2v) is 3.13. The van der Waals surface area contributed by atoms with E-state index in [0.717, 1.165) is 11.1 Å². The van der Waals surface area contributed by atoms with Gasteiger partial charge in [-0.2, -0.15) is 0 Å². The van der Waals surface area contributed by atoms with E-state index in [2.05, 4.69) is 0 Å². The molecule has 1 aliphatic rings. The van der Waals surface area contributed by atoms with Crippen LogP contribution in [0.1, 0.15) is 17.2 Å². The van der Waals surface area contributed by atoms with Crippen LogP contribution in [0.15, 0.2) is 30.3 Å². The Hall–Kier alpha value is -1.12. The van der Waals surface area contributed by atoms with Crippen LogP contribution in [0.5, 0.6) is 0 Å². The Morgan fingerprint density at radius 2 is 2.08 bits per heavy atom. The molecule has 13 heavy (non-hydrogen) atoms. The Labute approximate surface area is 77.5 Å².